The number of hydrogen-bond acceptors (Lipinski definition) is 4. The number of halogens is 2. The van der Waals surface area contributed by atoms with Crippen LogP contribution in [0, 0.1) is 5.82 Å². The summed E-state index contributed by atoms with van der Waals surface area (Å²) in [6.07, 6.45) is 4.98. The fourth-order valence-electron chi connectivity index (χ4n) is 2.87. The average molecular weight is 364 g/mol. The highest BCUT2D eigenvalue weighted by atomic mass is 35.5. The molecule has 2 heterocycles. The monoisotopic (exact) mass is 363 g/mol. The molecule has 0 radical (unpaired) electrons. The molecular formula is C17H19ClFN5O. The van der Waals surface area contributed by atoms with Crippen LogP contribution in [0.25, 0.3) is 0 Å². The predicted molar refractivity (Wildman–Crippen MR) is 94.2 cm³/mol. The van der Waals surface area contributed by atoms with Crippen molar-refractivity contribution >= 4 is 23.4 Å². The molecule has 6 nitrogen and oxygen atoms in total. The Balaban J connectivity index is 1.58. The number of benzene rings is 1. The molecule has 25 heavy (non-hydrogen) atoms. The van der Waals surface area contributed by atoms with Gasteiger partial charge in [0.05, 0.1) is 12.2 Å². The third kappa shape index (κ3) is 3.99. The van der Waals surface area contributed by atoms with Gasteiger partial charge in [0.1, 0.15) is 11.6 Å². The van der Waals surface area contributed by atoms with Crippen molar-refractivity contribution in [2.45, 2.75) is 13.0 Å². The van der Waals surface area contributed by atoms with Gasteiger partial charge in [0, 0.05) is 49.2 Å². The molecule has 1 aliphatic rings. The Morgan fingerprint density at radius 2 is 2.04 bits per heavy atom. The molecule has 0 saturated carbocycles. The summed E-state index contributed by atoms with van der Waals surface area (Å²) in [5, 5.41) is 3.12. The van der Waals surface area contributed by atoms with E-state index >= 15 is 0 Å². The fraction of sp³-hybridized carbons (Fsp3) is 0.353. The highest BCUT2D eigenvalue weighted by molar-refractivity contribution is 6.31. The lowest BCUT2D eigenvalue weighted by molar-refractivity contribution is 0.191. The van der Waals surface area contributed by atoms with Crippen LogP contribution >= 0.6 is 11.6 Å². The van der Waals surface area contributed by atoms with Gasteiger partial charge in [-0.1, -0.05) is 17.7 Å². The minimum absolute atomic E-state index is 0.231. The number of hydrogen-bond donors (Lipinski definition) is 1. The second kappa shape index (κ2) is 7.65. The molecule has 1 unspecified atom stereocenters. The zero-order valence-corrected chi connectivity index (χ0v) is 14.6. The maximum atomic E-state index is 14.0. The number of urea groups is 1. The summed E-state index contributed by atoms with van der Waals surface area (Å²) in [6.45, 7) is 4.17. The number of nitrogens with zero attached hydrogens (tertiary/aromatic N) is 4. The molecule has 132 valence electrons. The first-order valence-electron chi connectivity index (χ1n) is 8.06. The first kappa shape index (κ1) is 17.4. The SMILES string of the molecule is CC(NC(=O)N1CCN(c2cnccn2)CC1)c1c(F)cccc1Cl. The molecule has 1 aromatic heterocycles. The van der Waals surface area contributed by atoms with Gasteiger partial charge in [0.2, 0.25) is 0 Å². The van der Waals surface area contributed by atoms with Gasteiger partial charge < -0.3 is 15.1 Å². The van der Waals surface area contributed by atoms with Crippen molar-refractivity contribution < 1.29 is 9.18 Å². The van der Waals surface area contributed by atoms with Crippen LogP contribution in [0.5, 0.6) is 0 Å². The smallest absolute Gasteiger partial charge is 0.317 e. The lowest BCUT2D eigenvalue weighted by Crippen LogP contribution is -2.52. The zero-order chi connectivity index (χ0) is 17.8. The third-order valence-corrected chi connectivity index (χ3v) is 4.54. The lowest BCUT2D eigenvalue weighted by atomic mass is 10.1. The van der Waals surface area contributed by atoms with Gasteiger partial charge in [-0.15, -0.1) is 0 Å². The first-order chi connectivity index (χ1) is 12.1. The van der Waals surface area contributed by atoms with Gasteiger partial charge in [-0.25, -0.2) is 14.2 Å². The van der Waals surface area contributed by atoms with Crippen LogP contribution in [0.4, 0.5) is 15.0 Å². The van der Waals surface area contributed by atoms with Gasteiger partial charge in [-0.2, -0.15) is 0 Å². The summed E-state index contributed by atoms with van der Waals surface area (Å²) < 4.78 is 14.0. The van der Waals surface area contributed by atoms with Crippen molar-refractivity contribution in [3.63, 3.8) is 0 Å². The molecule has 0 aliphatic carbocycles. The Morgan fingerprint density at radius 3 is 2.68 bits per heavy atom. The fourth-order valence-corrected chi connectivity index (χ4v) is 3.19. The van der Waals surface area contributed by atoms with Crippen LogP contribution in [0.15, 0.2) is 36.8 Å². The standard InChI is InChI=1S/C17H19ClFN5O/c1-12(16-13(18)3-2-4-14(16)19)22-17(25)24-9-7-23(8-10-24)15-11-20-5-6-21-15/h2-6,11-12H,7-10H2,1H3,(H,22,25). The molecule has 1 atom stereocenters. The van der Waals surface area contributed by atoms with Crippen LogP contribution < -0.4 is 10.2 Å². The predicted octanol–water partition coefficient (Wildman–Crippen LogP) is 2.86. The summed E-state index contributed by atoms with van der Waals surface area (Å²) in [7, 11) is 0. The molecule has 0 spiro atoms. The van der Waals surface area contributed by atoms with Crippen molar-refractivity contribution in [3.05, 3.63) is 53.2 Å². The molecular weight excluding hydrogens is 345 g/mol. The number of carbonyl (C=O) groups is 1. The van der Waals surface area contributed by atoms with E-state index in [9.17, 15) is 9.18 Å². The quantitative estimate of drug-likeness (QED) is 0.910. The number of anilines is 1. The van der Waals surface area contributed by atoms with E-state index < -0.39 is 11.9 Å². The number of aromatic nitrogens is 2. The number of nitrogens with one attached hydrogen (secondary N) is 1. The first-order valence-corrected chi connectivity index (χ1v) is 8.44. The maximum Gasteiger partial charge on any atom is 0.317 e. The Kier molecular flexibility index (Phi) is 5.33. The summed E-state index contributed by atoms with van der Waals surface area (Å²) >= 11 is 6.06. The van der Waals surface area contributed by atoms with E-state index in [1.54, 1.807) is 42.5 Å². The van der Waals surface area contributed by atoms with Crippen LogP contribution in [0.1, 0.15) is 18.5 Å². The van der Waals surface area contributed by atoms with Crippen LogP contribution in [0.2, 0.25) is 5.02 Å². The molecule has 1 fully saturated rings. The Labute approximate surface area is 150 Å². The van der Waals surface area contributed by atoms with Gasteiger partial charge >= 0.3 is 6.03 Å². The highest BCUT2D eigenvalue weighted by Crippen LogP contribution is 2.25. The van der Waals surface area contributed by atoms with Gasteiger partial charge in [-0.3, -0.25) is 4.98 Å². The summed E-state index contributed by atoms with van der Waals surface area (Å²) in [4.78, 5) is 24.6. The van der Waals surface area contributed by atoms with Gasteiger partial charge in [0.25, 0.3) is 0 Å². The second-order valence-corrected chi connectivity index (χ2v) is 6.25. The van der Waals surface area contributed by atoms with Crippen LogP contribution in [-0.2, 0) is 0 Å². The maximum absolute atomic E-state index is 14.0. The molecule has 3 rings (SSSR count). The van der Waals surface area contributed by atoms with Gasteiger partial charge in [-0.05, 0) is 19.1 Å². The molecule has 2 amide bonds. The van der Waals surface area contributed by atoms with E-state index in [1.807, 2.05) is 0 Å². The molecule has 8 heteroatoms. The van der Waals surface area contributed by atoms with E-state index in [2.05, 4.69) is 20.2 Å². The molecule has 1 aromatic carbocycles. The highest BCUT2D eigenvalue weighted by Gasteiger charge is 2.24. The number of amides is 2. The molecule has 0 bridgehead atoms. The number of rotatable bonds is 3. The Hall–Kier alpha value is -2.41. The second-order valence-electron chi connectivity index (χ2n) is 5.84. The van der Waals surface area contributed by atoms with E-state index in [-0.39, 0.29) is 6.03 Å². The van der Waals surface area contributed by atoms with Crippen molar-refractivity contribution in [3.8, 4) is 0 Å². The third-order valence-electron chi connectivity index (χ3n) is 4.21. The largest absolute Gasteiger partial charge is 0.352 e. The molecule has 2 aromatic rings. The Bertz CT molecular complexity index is 717. The van der Waals surface area contributed by atoms with Crippen molar-refractivity contribution in [2.75, 3.05) is 31.1 Å². The summed E-state index contributed by atoms with van der Waals surface area (Å²) in [5.41, 5.74) is 0.302. The lowest BCUT2D eigenvalue weighted by Gasteiger charge is -2.35. The van der Waals surface area contributed by atoms with E-state index in [4.69, 9.17) is 11.6 Å². The zero-order valence-electron chi connectivity index (χ0n) is 13.8. The van der Waals surface area contributed by atoms with Crippen LogP contribution in [-0.4, -0.2) is 47.1 Å². The number of piperazine rings is 1. The topological polar surface area (TPSA) is 61.4 Å². The van der Waals surface area contributed by atoms with Crippen molar-refractivity contribution in [1.82, 2.24) is 20.2 Å². The average Bonchev–Trinajstić information content (AvgIpc) is 2.62. The normalized spacial score (nSPS) is 15.8. The summed E-state index contributed by atoms with van der Waals surface area (Å²) in [5.74, 6) is 0.377. The van der Waals surface area contributed by atoms with E-state index in [0.717, 1.165) is 5.82 Å². The van der Waals surface area contributed by atoms with Crippen LogP contribution in [0.3, 0.4) is 0 Å². The summed E-state index contributed by atoms with van der Waals surface area (Å²) in [6, 6.07) is 3.75. The Morgan fingerprint density at radius 1 is 1.28 bits per heavy atom. The van der Waals surface area contributed by atoms with Crippen molar-refractivity contribution in [1.29, 1.82) is 0 Å². The van der Waals surface area contributed by atoms with Gasteiger partial charge in [0.15, 0.2) is 0 Å². The minimum Gasteiger partial charge on any atom is -0.352 e. The molecule has 1 aliphatic heterocycles. The molecule has 1 saturated heterocycles. The number of carbonyl (C=O) groups excluding carboxylic acids is 1. The minimum atomic E-state index is -0.515. The molecule has 1 N–H and O–H groups in total. The van der Waals surface area contributed by atoms with E-state index in [1.165, 1.54) is 6.07 Å². The van der Waals surface area contributed by atoms with Crippen molar-refractivity contribution in [2.24, 2.45) is 0 Å². The van der Waals surface area contributed by atoms with E-state index in [0.29, 0.717) is 36.8 Å².